The fourth-order valence-corrected chi connectivity index (χ4v) is 1.74. The number of rotatable bonds is 6. The van der Waals surface area contributed by atoms with Crippen molar-refractivity contribution in [1.29, 1.82) is 5.26 Å². The Hall–Kier alpha value is -1.83. The molecule has 0 radical (unpaired) electrons. The van der Waals surface area contributed by atoms with Crippen molar-refractivity contribution in [2.75, 3.05) is 6.54 Å². The summed E-state index contributed by atoms with van der Waals surface area (Å²) in [6.45, 7) is 6.32. The predicted octanol–water partition coefficient (Wildman–Crippen LogP) is 1.56. The highest BCUT2D eigenvalue weighted by atomic mass is 16.1. The first kappa shape index (κ1) is 14.2. The Morgan fingerprint density at radius 2 is 2.33 bits per heavy atom. The van der Waals surface area contributed by atoms with E-state index in [0.717, 1.165) is 18.5 Å². The van der Waals surface area contributed by atoms with Crippen LogP contribution < -0.4 is 5.32 Å². The van der Waals surface area contributed by atoms with Gasteiger partial charge in [0.1, 0.15) is 5.92 Å². The van der Waals surface area contributed by atoms with Crippen LogP contribution >= 0.6 is 0 Å². The van der Waals surface area contributed by atoms with Crippen LogP contribution in [-0.2, 0) is 11.2 Å². The summed E-state index contributed by atoms with van der Waals surface area (Å²) in [5.74, 6) is -0.678. The topological polar surface area (TPSA) is 81.6 Å². The van der Waals surface area contributed by atoms with Crippen LogP contribution in [0.4, 0.5) is 0 Å². The Morgan fingerprint density at radius 3 is 2.83 bits per heavy atom. The fourth-order valence-electron chi connectivity index (χ4n) is 1.74. The third kappa shape index (κ3) is 3.88. The van der Waals surface area contributed by atoms with Gasteiger partial charge in [0.25, 0.3) is 0 Å². The summed E-state index contributed by atoms with van der Waals surface area (Å²) < 4.78 is 0. The van der Waals surface area contributed by atoms with E-state index < -0.39 is 5.92 Å². The molecule has 5 heteroatoms. The number of carbonyl (C=O) groups is 1. The van der Waals surface area contributed by atoms with E-state index in [1.165, 1.54) is 5.56 Å². The number of aromatic amines is 1. The third-order valence-corrected chi connectivity index (χ3v) is 2.94. The monoisotopic (exact) mass is 248 g/mol. The standard InChI is InChI=1S/C13H20N4O/c1-9(2)12(7-14)13(18)15-6-4-5-11-8-16-17-10(11)3/h8-9,12H,4-6H2,1-3H3,(H,15,18)(H,16,17). The minimum Gasteiger partial charge on any atom is -0.355 e. The lowest BCUT2D eigenvalue weighted by Gasteiger charge is -2.12. The van der Waals surface area contributed by atoms with Crippen LogP contribution in [0.15, 0.2) is 6.20 Å². The van der Waals surface area contributed by atoms with Crippen molar-refractivity contribution in [1.82, 2.24) is 15.5 Å². The number of amides is 1. The third-order valence-electron chi connectivity index (χ3n) is 2.94. The summed E-state index contributed by atoms with van der Waals surface area (Å²) in [7, 11) is 0. The van der Waals surface area contributed by atoms with Crippen LogP contribution in [0.2, 0.25) is 0 Å². The first-order chi connectivity index (χ1) is 8.56. The zero-order valence-electron chi connectivity index (χ0n) is 11.2. The molecule has 5 nitrogen and oxygen atoms in total. The highest BCUT2D eigenvalue weighted by molar-refractivity contribution is 5.81. The molecule has 0 bridgehead atoms. The average molecular weight is 248 g/mol. The van der Waals surface area contributed by atoms with Gasteiger partial charge in [0.2, 0.25) is 5.91 Å². The first-order valence-electron chi connectivity index (χ1n) is 6.22. The van der Waals surface area contributed by atoms with Crippen LogP contribution in [-0.4, -0.2) is 22.6 Å². The average Bonchev–Trinajstić information content (AvgIpc) is 2.71. The van der Waals surface area contributed by atoms with Gasteiger partial charge in [-0.1, -0.05) is 13.8 Å². The summed E-state index contributed by atoms with van der Waals surface area (Å²) in [4.78, 5) is 11.7. The molecule has 0 spiro atoms. The van der Waals surface area contributed by atoms with Gasteiger partial charge in [-0.15, -0.1) is 0 Å². The highest BCUT2D eigenvalue weighted by Gasteiger charge is 2.20. The number of aromatic nitrogens is 2. The summed E-state index contributed by atoms with van der Waals surface area (Å²) in [5, 5.41) is 18.5. The summed E-state index contributed by atoms with van der Waals surface area (Å²) in [6, 6.07) is 2.04. The van der Waals surface area contributed by atoms with Gasteiger partial charge < -0.3 is 5.32 Å². The van der Waals surface area contributed by atoms with Gasteiger partial charge in [0, 0.05) is 12.2 Å². The number of hydrogen-bond donors (Lipinski definition) is 2. The molecule has 1 aromatic rings. The largest absolute Gasteiger partial charge is 0.355 e. The van der Waals surface area contributed by atoms with E-state index in [1.807, 2.05) is 33.0 Å². The molecule has 0 saturated carbocycles. The van der Waals surface area contributed by atoms with Gasteiger partial charge in [-0.05, 0) is 31.2 Å². The van der Waals surface area contributed by atoms with Crippen molar-refractivity contribution in [3.8, 4) is 6.07 Å². The van der Waals surface area contributed by atoms with Gasteiger partial charge >= 0.3 is 0 Å². The van der Waals surface area contributed by atoms with Crippen molar-refractivity contribution < 1.29 is 4.79 Å². The number of carbonyl (C=O) groups excluding carboxylic acids is 1. The number of nitrogens with one attached hydrogen (secondary N) is 2. The van der Waals surface area contributed by atoms with Gasteiger partial charge in [-0.3, -0.25) is 9.89 Å². The Balaban J connectivity index is 2.28. The van der Waals surface area contributed by atoms with Crippen molar-refractivity contribution in [3.05, 3.63) is 17.5 Å². The molecule has 1 heterocycles. The second-order valence-corrected chi connectivity index (χ2v) is 4.77. The second kappa shape index (κ2) is 6.80. The van der Waals surface area contributed by atoms with E-state index in [1.54, 1.807) is 0 Å². The number of nitriles is 1. The summed E-state index contributed by atoms with van der Waals surface area (Å²) >= 11 is 0. The molecule has 0 aliphatic carbocycles. The molecule has 2 N–H and O–H groups in total. The summed E-state index contributed by atoms with van der Waals surface area (Å²) in [5.41, 5.74) is 2.24. The van der Waals surface area contributed by atoms with Crippen molar-refractivity contribution >= 4 is 5.91 Å². The second-order valence-electron chi connectivity index (χ2n) is 4.77. The normalized spacial score (nSPS) is 12.2. The molecule has 1 unspecified atom stereocenters. The molecule has 0 aromatic carbocycles. The Kier molecular flexibility index (Phi) is 5.37. The molecule has 0 saturated heterocycles. The molecule has 98 valence electrons. The minimum atomic E-state index is -0.555. The molecule has 18 heavy (non-hydrogen) atoms. The SMILES string of the molecule is Cc1[nH]ncc1CCCNC(=O)C(C#N)C(C)C. The molecule has 1 rings (SSSR count). The molecular weight excluding hydrogens is 228 g/mol. The number of nitrogens with zero attached hydrogens (tertiary/aromatic N) is 2. The smallest absolute Gasteiger partial charge is 0.237 e. The zero-order chi connectivity index (χ0) is 13.5. The van der Waals surface area contributed by atoms with Crippen LogP contribution in [0.5, 0.6) is 0 Å². The van der Waals surface area contributed by atoms with E-state index in [4.69, 9.17) is 5.26 Å². The quantitative estimate of drug-likeness (QED) is 0.750. The maximum atomic E-state index is 11.7. The zero-order valence-corrected chi connectivity index (χ0v) is 11.2. The van der Waals surface area contributed by atoms with E-state index in [-0.39, 0.29) is 11.8 Å². The van der Waals surface area contributed by atoms with E-state index in [2.05, 4.69) is 15.5 Å². The lowest BCUT2D eigenvalue weighted by atomic mass is 9.96. The van der Waals surface area contributed by atoms with Crippen molar-refractivity contribution in [2.24, 2.45) is 11.8 Å². The minimum absolute atomic E-state index is 0.0473. The van der Waals surface area contributed by atoms with E-state index >= 15 is 0 Å². The number of hydrogen-bond acceptors (Lipinski definition) is 3. The predicted molar refractivity (Wildman–Crippen MR) is 68.6 cm³/mol. The van der Waals surface area contributed by atoms with Crippen LogP contribution in [0, 0.1) is 30.1 Å². The molecule has 0 aliphatic heterocycles. The lowest BCUT2D eigenvalue weighted by Crippen LogP contribution is -2.33. The van der Waals surface area contributed by atoms with Crippen LogP contribution in [0.25, 0.3) is 0 Å². The Labute approximate surface area is 108 Å². The maximum Gasteiger partial charge on any atom is 0.237 e. The number of H-pyrrole nitrogens is 1. The molecule has 1 aromatic heterocycles. The molecule has 1 atom stereocenters. The van der Waals surface area contributed by atoms with Gasteiger partial charge in [-0.2, -0.15) is 10.4 Å². The molecule has 1 amide bonds. The van der Waals surface area contributed by atoms with E-state index in [0.29, 0.717) is 6.54 Å². The van der Waals surface area contributed by atoms with Crippen LogP contribution in [0.1, 0.15) is 31.5 Å². The van der Waals surface area contributed by atoms with Gasteiger partial charge in [-0.25, -0.2) is 0 Å². The lowest BCUT2D eigenvalue weighted by molar-refractivity contribution is -0.124. The number of aryl methyl sites for hydroxylation is 2. The van der Waals surface area contributed by atoms with Gasteiger partial charge in [0.05, 0.1) is 12.3 Å². The van der Waals surface area contributed by atoms with Crippen molar-refractivity contribution in [2.45, 2.75) is 33.6 Å². The van der Waals surface area contributed by atoms with Crippen molar-refractivity contribution in [3.63, 3.8) is 0 Å². The Bertz CT molecular complexity index is 430. The first-order valence-corrected chi connectivity index (χ1v) is 6.22. The fraction of sp³-hybridized carbons (Fsp3) is 0.615. The van der Waals surface area contributed by atoms with Gasteiger partial charge in [0.15, 0.2) is 0 Å². The Morgan fingerprint density at radius 1 is 1.61 bits per heavy atom. The van der Waals surface area contributed by atoms with Crippen LogP contribution in [0.3, 0.4) is 0 Å². The molecule has 0 fully saturated rings. The summed E-state index contributed by atoms with van der Waals surface area (Å²) in [6.07, 6.45) is 3.53. The maximum absolute atomic E-state index is 11.7. The van der Waals surface area contributed by atoms with E-state index in [9.17, 15) is 4.79 Å². The molecule has 0 aliphatic rings. The highest BCUT2D eigenvalue weighted by Crippen LogP contribution is 2.09. The molecular formula is C13H20N4O.